The number of aromatic amines is 2. The molecule has 0 aromatic carbocycles. The SMILES string of the molecule is Cc1cc[nH]c1C(=O)N1CCCC(c2ncc(C(F)(F)F)[nH]2)C1. The molecule has 2 aromatic heterocycles. The lowest BCUT2D eigenvalue weighted by molar-refractivity contribution is -0.141. The number of nitrogens with one attached hydrogen (secondary N) is 2. The van der Waals surface area contributed by atoms with Crippen molar-refractivity contribution in [1.29, 1.82) is 0 Å². The van der Waals surface area contributed by atoms with E-state index in [1.807, 2.05) is 13.0 Å². The summed E-state index contributed by atoms with van der Waals surface area (Å²) in [5, 5.41) is 0. The predicted molar refractivity (Wildman–Crippen MR) is 77.0 cm³/mol. The van der Waals surface area contributed by atoms with Crippen LogP contribution < -0.4 is 0 Å². The normalized spacial score (nSPS) is 19.1. The fraction of sp³-hybridized carbons (Fsp3) is 0.467. The first-order chi connectivity index (χ1) is 10.9. The summed E-state index contributed by atoms with van der Waals surface area (Å²) in [7, 11) is 0. The standard InChI is InChI=1S/C15H17F3N4O/c1-9-4-5-19-12(9)14(23)22-6-2-3-10(8-22)13-20-7-11(21-13)15(16,17)18/h4-5,7,10,19H,2-3,6,8H2,1H3,(H,20,21). The first kappa shape index (κ1) is 15.6. The maximum Gasteiger partial charge on any atom is 0.432 e. The average Bonchev–Trinajstić information content (AvgIpc) is 3.15. The van der Waals surface area contributed by atoms with Crippen molar-refractivity contribution >= 4 is 5.91 Å². The van der Waals surface area contributed by atoms with Gasteiger partial charge in [-0.3, -0.25) is 4.79 Å². The van der Waals surface area contributed by atoms with Crippen LogP contribution >= 0.6 is 0 Å². The molecule has 1 unspecified atom stereocenters. The molecule has 8 heteroatoms. The Hall–Kier alpha value is -2.25. The Morgan fingerprint density at radius 1 is 1.43 bits per heavy atom. The van der Waals surface area contributed by atoms with Gasteiger partial charge in [-0.2, -0.15) is 13.2 Å². The molecular weight excluding hydrogens is 309 g/mol. The van der Waals surface area contributed by atoms with Crippen LogP contribution in [0.1, 0.15) is 46.3 Å². The lowest BCUT2D eigenvalue weighted by Crippen LogP contribution is -2.39. The molecule has 0 radical (unpaired) electrons. The Bertz CT molecular complexity index is 704. The Morgan fingerprint density at radius 3 is 2.83 bits per heavy atom. The summed E-state index contributed by atoms with van der Waals surface area (Å²) >= 11 is 0. The molecule has 3 heterocycles. The molecule has 0 saturated carbocycles. The van der Waals surface area contributed by atoms with Gasteiger partial charge >= 0.3 is 6.18 Å². The third-order valence-corrected chi connectivity index (χ3v) is 4.17. The minimum absolute atomic E-state index is 0.125. The maximum absolute atomic E-state index is 12.7. The molecule has 2 N–H and O–H groups in total. The van der Waals surface area contributed by atoms with Gasteiger partial charge in [0.1, 0.15) is 17.2 Å². The van der Waals surface area contributed by atoms with Gasteiger partial charge in [0.15, 0.2) is 0 Å². The van der Waals surface area contributed by atoms with E-state index in [0.29, 0.717) is 25.2 Å². The summed E-state index contributed by atoms with van der Waals surface area (Å²) in [5.74, 6) is -0.0445. The van der Waals surface area contributed by atoms with Crippen LogP contribution in [0, 0.1) is 6.92 Å². The molecule has 1 amide bonds. The van der Waals surface area contributed by atoms with Crippen LogP contribution in [0.3, 0.4) is 0 Å². The number of hydrogen-bond acceptors (Lipinski definition) is 2. The Morgan fingerprint density at radius 2 is 2.22 bits per heavy atom. The number of alkyl halides is 3. The lowest BCUT2D eigenvalue weighted by atomic mass is 9.97. The highest BCUT2D eigenvalue weighted by Gasteiger charge is 2.35. The first-order valence-electron chi connectivity index (χ1n) is 7.41. The molecule has 3 rings (SSSR count). The Kier molecular flexibility index (Phi) is 3.91. The summed E-state index contributed by atoms with van der Waals surface area (Å²) < 4.78 is 38.0. The molecule has 0 bridgehead atoms. The van der Waals surface area contributed by atoms with Crippen molar-refractivity contribution in [1.82, 2.24) is 19.9 Å². The van der Waals surface area contributed by atoms with Gasteiger partial charge < -0.3 is 14.9 Å². The number of H-pyrrole nitrogens is 2. The number of carbonyl (C=O) groups is 1. The van der Waals surface area contributed by atoms with Crippen molar-refractivity contribution in [2.75, 3.05) is 13.1 Å². The number of likely N-dealkylation sites (tertiary alicyclic amines) is 1. The van der Waals surface area contributed by atoms with E-state index in [4.69, 9.17) is 0 Å². The van der Waals surface area contributed by atoms with E-state index in [0.717, 1.165) is 18.2 Å². The molecule has 1 fully saturated rings. The van der Waals surface area contributed by atoms with Gasteiger partial charge in [-0.1, -0.05) is 0 Å². The number of halogens is 3. The van der Waals surface area contributed by atoms with Gasteiger partial charge in [-0.15, -0.1) is 0 Å². The zero-order chi connectivity index (χ0) is 16.6. The van der Waals surface area contributed by atoms with Crippen molar-refractivity contribution in [3.05, 3.63) is 41.2 Å². The highest BCUT2D eigenvalue weighted by Crippen LogP contribution is 2.31. The summed E-state index contributed by atoms with van der Waals surface area (Å²) in [6.45, 7) is 2.80. The van der Waals surface area contributed by atoms with Crippen molar-refractivity contribution in [2.45, 2.75) is 31.9 Å². The fourth-order valence-electron chi connectivity index (χ4n) is 2.91. The van der Waals surface area contributed by atoms with Crippen LogP contribution in [0.4, 0.5) is 13.2 Å². The smallest absolute Gasteiger partial charge is 0.357 e. The van der Waals surface area contributed by atoms with Crippen molar-refractivity contribution in [2.24, 2.45) is 0 Å². The number of rotatable bonds is 2. The monoisotopic (exact) mass is 326 g/mol. The lowest BCUT2D eigenvalue weighted by Gasteiger charge is -2.31. The third kappa shape index (κ3) is 3.11. The van der Waals surface area contributed by atoms with Crippen LogP contribution in [0.5, 0.6) is 0 Å². The van der Waals surface area contributed by atoms with Crippen LogP contribution in [-0.2, 0) is 6.18 Å². The zero-order valence-electron chi connectivity index (χ0n) is 12.6. The predicted octanol–water partition coefficient (Wildman–Crippen LogP) is 3.08. The maximum atomic E-state index is 12.7. The highest BCUT2D eigenvalue weighted by molar-refractivity contribution is 5.93. The van der Waals surface area contributed by atoms with Gasteiger partial charge in [0.2, 0.25) is 0 Å². The third-order valence-electron chi connectivity index (χ3n) is 4.17. The number of amides is 1. The van der Waals surface area contributed by atoms with Gasteiger partial charge in [0.25, 0.3) is 5.91 Å². The molecule has 0 aliphatic carbocycles. The molecule has 1 atom stereocenters. The highest BCUT2D eigenvalue weighted by atomic mass is 19.4. The topological polar surface area (TPSA) is 64.8 Å². The molecule has 2 aromatic rings. The van der Waals surface area contributed by atoms with Gasteiger partial charge in [0.05, 0.1) is 6.20 Å². The van der Waals surface area contributed by atoms with Crippen LogP contribution in [0.15, 0.2) is 18.5 Å². The van der Waals surface area contributed by atoms with E-state index in [1.54, 1.807) is 11.1 Å². The number of imidazole rings is 1. The van der Waals surface area contributed by atoms with Crippen LogP contribution in [0.2, 0.25) is 0 Å². The quantitative estimate of drug-likeness (QED) is 0.891. The number of piperidine rings is 1. The Balaban J connectivity index is 1.75. The Labute approximate surface area is 130 Å². The van der Waals surface area contributed by atoms with Gasteiger partial charge in [-0.25, -0.2) is 4.98 Å². The molecule has 1 saturated heterocycles. The van der Waals surface area contributed by atoms with E-state index in [1.165, 1.54) is 0 Å². The van der Waals surface area contributed by atoms with E-state index < -0.39 is 11.9 Å². The second-order valence-corrected chi connectivity index (χ2v) is 5.81. The van der Waals surface area contributed by atoms with E-state index in [-0.39, 0.29) is 17.6 Å². The molecule has 23 heavy (non-hydrogen) atoms. The number of hydrogen-bond donors (Lipinski definition) is 2. The van der Waals surface area contributed by atoms with Gasteiger partial charge in [-0.05, 0) is 31.4 Å². The molecule has 0 spiro atoms. The van der Waals surface area contributed by atoms with E-state index in [9.17, 15) is 18.0 Å². The number of aryl methyl sites for hydroxylation is 1. The van der Waals surface area contributed by atoms with Crippen molar-refractivity contribution in [3.63, 3.8) is 0 Å². The summed E-state index contributed by atoms with van der Waals surface area (Å²) in [6, 6.07) is 1.82. The van der Waals surface area contributed by atoms with E-state index >= 15 is 0 Å². The second-order valence-electron chi connectivity index (χ2n) is 5.81. The molecule has 1 aliphatic rings. The van der Waals surface area contributed by atoms with Crippen molar-refractivity contribution in [3.8, 4) is 0 Å². The molecule has 5 nitrogen and oxygen atoms in total. The number of carbonyl (C=O) groups excluding carboxylic acids is 1. The largest absolute Gasteiger partial charge is 0.432 e. The number of aromatic nitrogens is 3. The van der Waals surface area contributed by atoms with E-state index in [2.05, 4.69) is 15.0 Å². The molecule has 124 valence electrons. The summed E-state index contributed by atoms with van der Waals surface area (Å²) in [6.07, 6.45) is -0.481. The fourth-order valence-corrected chi connectivity index (χ4v) is 2.91. The second kappa shape index (κ2) is 5.75. The zero-order valence-corrected chi connectivity index (χ0v) is 12.6. The van der Waals surface area contributed by atoms with Gasteiger partial charge in [0, 0.05) is 25.2 Å². The van der Waals surface area contributed by atoms with Crippen molar-refractivity contribution < 1.29 is 18.0 Å². The molecular formula is C15H17F3N4O. The average molecular weight is 326 g/mol. The molecule has 1 aliphatic heterocycles. The number of nitrogens with zero attached hydrogens (tertiary/aromatic N) is 2. The summed E-state index contributed by atoms with van der Waals surface area (Å²) in [5.41, 5.74) is 0.534. The first-order valence-corrected chi connectivity index (χ1v) is 7.41. The minimum atomic E-state index is -4.43. The summed E-state index contributed by atoms with van der Waals surface area (Å²) in [4.78, 5) is 23.3. The van der Waals surface area contributed by atoms with Crippen LogP contribution in [0.25, 0.3) is 0 Å². The van der Waals surface area contributed by atoms with Crippen LogP contribution in [-0.4, -0.2) is 38.8 Å². The minimum Gasteiger partial charge on any atom is -0.357 e.